The number of carbonyl (C=O) groups excluding carboxylic acids is 1. The van der Waals surface area contributed by atoms with Crippen LogP contribution in [0.5, 0.6) is 11.5 Å². The molecule has 0 aliphatic carbocycles. The van der Waals surface area contributed by atoms with Crippen LogP contribution in [0.25, 0.3) is 11.3 Å². The van der Waals surface area contributed by atoms with Gasteiger partial charge in [0.05, 0.1) is 11.4 Å². The van der Waals surface area contributed by atoms with E-state index in [2.05, 4.69) is 44.7 Å². The van der Waals surface area contributed by atoms with Gasteiger partial charge in [0, 0.05) is 36.1 Å². The molecule has 2 aliphatic heterocycles. The minimum atomic E-state index is -0.115. The molecule has 1 fully saturated rings. The summed E-state index contributed by atoms with van der Waals surface area (Å²) in [5.74, 6) is 1.48. The number of aromatic nitrogens is 2. The summed E-state index contributed by atoms with van der Waals surface area (Å²) in [6.45, 7) is 3.32. The molecule has 170 valence electrons. The maximum atomic E-state index is 12.3. The van der Waals surface area contributed by atoms with Gasteiger partial charge in [-0.25, -0.2) is 0 Å². The number of amides is 1. The first kappa shape index (κ1) is 21.6. The number of benzene rings is 2. The molecule has 33 heavy (non-hydrogen) atoms. The van der Waals surface area contributed by atoms with Gasteiger partial charge in [0.1, 0.15) is 18.2 Å². The monoisotopic (exact) mass is 462 g/mol. The van der Waals surface area contributed by atoms with Crippen LogP contribution in [-0.2, 0) is 4.79 Å². The van der Waals surface area contributed by atoms with E-state index in [9.17, 15) is 4.79 Å². The molecule has 1 N–H and O–H groups in total. The molecule has 3 aromatic rings. The van der Waals surface area contributed by atoms with Crippen molar-refractivity contribution in [1.82, 2.24) is 10.2 Å². The van der Waals surface area contributed by atoms with Crippen LogP contribution in [0.2, 0.25) is 0 Å². The van der Waals surface area contributed by atoms with Gasteiger partial charge in [-0.15, -0.1) is 10.2 Å². The topological polar surface area (TPSA) is 76.6 Å². The number of rotatable bonds is 6. The van der Waals surface area contributed by atoms with E-state index in [-0.39, 0.29) is 11.7 Å². The van der Waals surface area contributed by atoms with E-state index in [1.54, 1.807) is 18.2 Å². The van der Waals surface area contributed by atoms with Crippen molar-refractivity contribution in [3.05, 3.63) is 54.6 Å². The minimum Gasteiger partial charge on any atom is -0.486 e. The Morgan fingerprint density at radius 3 is 2.45 bits per heavy atom. The standard InChI is InChI=1S/C25H26N4O3S/c30-24(26-19-6-10-22-23(16-19)32-15-14-31-22)17-33-25-11-9-21(27-28-25)18-4-7-20(8-5-18)29-12-2-1-3-13-29/h4-11,16H,1-3,12-15,17H2,(H,26,30). The van der Waals surface area contributed by atoms with Gasteiger partial charge in [-0.1, -0.05) is 23.9 Å². The van der Waals surface area contributed by atoms with E-state index in [0.29, 0.717) is 35.4 Å². The lowest BCUT2D eigenvalue weighted by atomic mass is 10.1. The van der Waals surface area contributed by atoms with Gasteiger partial charge in [-0.3, -0.25) is 4.79 Å². The number of anilines is 2. The maximum Gasteiger partial charge on any atom is 0.234 e. The molecular weight excluding hydrogens is 436 g/mol. The molecule has 1 aromatic heterocycles. The zero-order chi connectivity index (χ0) is 22.5. The Balaban J connectivity index is 1.14. The highest BCUT2D eigenvalue weighted by Gasteiger charge is 2.14. The molecule has 2 aliphatic rings. The zero-order valence-corrected chi connectivity index (χ0v) is 19.1. The summed E-state index contributed by atoms with van der Waals surface area (Å²) >= 11 is 1.35. The molecule has 2 aromatic carbocycles. The zero-order valence-electron chi connectivity index (χ0n) is 18.3. The second-order valence-corrected chi connectivity index (χ2v) is 9.04. The van der Waals surface area contributed by atoms with Crippen LogP contribution in [0.15, 0.2) is 59.6 Å². The first-order valence-corrected chi connectivity index (χ1v) is 12.2. The average molecular weight is 463 g/mol. The quantitative estimate of drug-likeness (QED) is 0.535. The van der Waals surface area contributed by atoms with Crippen LogP contribution in [-0.4, -0.2) is 48.2 Å². The van der Waals surface area contributed by atoms with Crippen molar-refractivity contribution in [1.29, 1.82) is 0 Å². The number of piperidine rings is 1. The fourth-order valence-corrected chi connectivity index (χ4v) is 4.62. The summed E-state index contributed by atoms with van der Waals surface area (Å²) in [5, 5.41) is 12.2. The lowest BCUT2D eigenvalue weighted by molar-refractivity contribution is -0.113. The second kappa shape index (κ2) is 10.1. The Kier molecular flexibility index (Phi) is 6.62. The average Bonchev–Trinajstić information content (AvgIpc) is 2.88. The fourth-order valence-electron chi connectivity index (χ4n) is 4.00. The van der Waals surface area contributed by atoms with E-state index < -0.39 is 0 Å². The molecule has 0 unspecified atom stereocenters. The second-order valence-electron chi connectivity index (χ2n) is 8.05. The van der Waals surface area contributed by atoms with Gasteiger partial charge in [0.25, 0.3) is 0 Å². The third-order valence-corrected chi connectivity index (χ3v) is 6.62. The van der Waals surface area contributed by atoms with Gasteiger partial charge < -0.3 is 19.7 Å². The van der Waals surface area contributed by atoms with Crippen molar-refractivity contribution in [2.24, 2.45) is 0 Å². The van der Waals surface area contributed by atoms with E-state index in [1.807, 2.05) is 12.1 Å². The minimum absolute atomic E-state index is 0.115. The lowest BCUT2D eigenvalue weighted by Crippen LogP contribution is -2.29. The third kappa shape index (κ3) is 5.39. The van der Waals surface area contributed by atoms with E-state index >= 15 is 0 Å². The van der Waals surface area contributed by atoms with Crippen molar-refractivity contribution in [2.45, 2.75) is 24.3 Å². The van der Waals surface area contributed by atoms with Crippen LogP contribution >= 0.6 is 11.8 Å². The normalized spacial score (nSPS) is 15.2. The number of nitrogens with zero attached hydrogens (tertiary/aromatic N) is 3. The van der Waals surface area contributed by atoms with Crippen molar-refractivity contribution < 1.29 is 14.3 Å². The highest BCUT2D eigenvalue weighted by molar-refractivity contribution is 7.99. The first-order valence-electron chi connectivity index (χ1n) is 11.3. The summed E-state index contributed by atoms with van der Waals surface area (Å²) < 4.78 is 11.1. The predicted molar refractivity (Wildman–Crippen MR) is 130 cm³/mol. The Bertz CT molecular complexity index is 1100. The number of nitrogens with one attached hydrogen (secondary N) is 1. The van der Waals surface area contributed by atoms with E-state index in [4.69, 9.17) is 9.47 Å². The molecular formula is C25H26N4O3S. The SMILES string of the molecule is O=C(CSc1ccc(-c2ccc(N3CCCCC3)cc2)nn1)Nc1ccc2c(c1)OCCO2. The highest BCUT2D eigenvalue weighted by atomic mass is 32.2. The number of ether oxygens (including phenoxy) is 2. The van der Waals surface area contributed by atoms with Gasteiger partial charge >= 0.3 is 0 Å². The van der Waals surface area contributed by atoms with Crippen LogP contribution in [0.3, 0.4) is 0 Å². The summed E-state index contributed by atoms with van der Waals surface area (Å²) in [7, 11) is 0. The smallest absolute Gasteiger partial charge is 0.234 e. The molecule has 0 spiro atoms. The van der Waals surface area contributed by atoms with Crippen molar-refractivity contribution in [3.63, 3.8) is 0 Å². The van der Waals surface area contributed by atoms with Gasteiger partial charge in [0.15, 0.2) is 11.5 Å². The Morgan fingerprint density at radius 1 is 0.909 bits per heavy atom. The molecule has 1 amide bonds. The van der Waals surface area contributed by atoms with Gasteiger partial charge in [-0.2, -0.15) is 0 Å². The summed E-state index contributed by atoms with van der Waals surface area (Å²) in [5.41, 5.74) is 3.81. The molecule has 0 saturated carbocycles. The van der Waals surface area contributed by atoms with Crippen molar-refractivity contribution >= 4 is 29.0 Å². The van der Waals surface area contributed by atoms with Gasteiger partial charge in [-0.05, 0) is 55.7 Å². The number of carbonyl (C=O) groups is 1. The molecule has 1 saturated heterocycles. The summed E-state index contributed by atoms with van der Waals surface area (Å²) in [4.78, 5) is 14.8. The Labute approximate surface area is 197 Å². The number of hydrogen-bond donors (Lipinski definition) is 1. The van der Waals surface area contributed by atoms with Crippen LogP contribution < -0.4 is 19.7 Å². The Morgan fingerprint density at radius 2 is 1.70 bits per heavy atom. The van der Waals surface area contributed by atoms with Crippen molar-refractivity contribution in [3.8, 4) is 22.8 Å². The lowest BCUT2D eigenvalue weighted by Gasteiger charge is -2.28. The number of hydrogen-bond acceptors (Lipinski definition) is 7. The van der Waals surface area contributed by atoms with Crippen molar-refractivity contribution in [2.75, 3.05) is 42.3 Å². The molecule has 0 radical (unpaired) electrons. The predicted octanol–water partition coefficient (Wildman–Crippen LogP) is 4.64. The molecule has 0 atom stereocenters. The summed E-state index contributed by atoms with van der Waals surface area (Å²) in [6, 6.07) is 17.8. The largest absolute Gasteiger partial charge is 0.486 e. The van der Waals surface area contributed by atoms with Gasteiger partial charge in [0.2, 0.25) is 5.91 Å². The number of thioether (sulfide) groups is 1. The Hall–Kier alpha value is -3.26. The molecule has 5 rings (SSSR count). The third-order valence-electron chi connectivity index (χ3n) is 5.70. The fraction of sp³-hybridized carbons (Fsp3) is 0.320. The maximum absolute atomic E-state index is 12.3. The van der Waals surface area contributed by atoms with Crippen LogP contribution in [0.1, 0.15) is 19.3 Å². The number of fused-ring (bicyclic) bond motifs is 1. The molecule has 0 bridgehead atoms. The highest BCUT2D eigenvalue weighted by Crippen LogP contribution is 2.32. The van der Waals surface area contributed by atoms with Crippen LogP contribution in [0.4, 0.5) is 11.4 Å². The van der Waals surface area contributed by atoms with E-state index in [1.165, 1.54) is 36.7 Å². The molecule has 7 nitrogen and oxygen atoms in total. The van der Waals surface area contributed by atoms with E-state index in [0.717, 1.165) is 24.3 Å². The first-order chi connectivity index (χ1) is 16.2. The molecule has 8 heteroatoms. The van der Waals surface area contributed by atoms with Crippen LogP contribution in [0, 0.1) is 0 Å². The summed E-state index contributed by atoms with van der Waals surface area (Å²) in [6.07, 6.45) is 3.86. The molecule has 3 heterocycles.